The Hall–Kier alpha value is -0.830. The Bertz CT molecular complexity index is 190. The van der Waals surface area contributed by atoms with Gasteiger partial charge in [0.25, 0.3) is 0 Å². The van der Waals surface area contributed by atoms with Gasteiger partial charge in [-0.3, -0.25) is 0 Å². The van der Waals surface area contributed by atoms with E-state index in [1.165, 1.54) is 76.7 Å². The SMILES string of the molecule is CC=CC(=O)O.CCCCCCCCCCCCC.O. The molecule has 0 amide bonds. The van der Waals surface area contributed by atoms with Gasteiger partial charge < -0.3 is 10.6 Å². The van der Waals surface area contributed by atoms with Gasteiger partial charge >= 0.3 is 5.97 Å². The molecule has 122 valence electrons. The van der Waals surface area contributed by atoms with E-state index in [1.807, 2.05) is 0 Å². The second kappa shape index (κ2) is 23.3. The molecular formula is C17H36O3. The summed E-state index contributed by atoms with van der Waals surface area (Å²) in [6.45, 7) is 6.23. The topological polar surface area (TPSA) is 68.8 Å². The average Bonchev–Trinajstić information content (AvgIpc) is 2.37. The van der Waals surface area contributed by atoms with Gasteiger partial charge in [0.1, 0.15) is 0 Å². The molecule has 3 N–H and O–H groups in total. The molecule has 0 saturated heterocycles. The third kappa shape index (κ3) is 30.3. The van der Waals surface area contributed by atoms with Crippen LogP contribution in [0.4, 0.5) is 0 Å². The summed E-state index contributed by atoms with van der Waals surface area (Å²) < 4.78 is 0. The summed E-state index contributed by atoms with van der Waals surface area (Å²) in [5.41, 5.74) is 0. The third-order valence-electron chi connectivity index (χ3n) is 3.02. The van der Waals surface area contributed by atoms with Crippen LogP contribution < -0.4 is 0 Å². The summed E-state index contributed by atoms with van der Waals surface area (Å²) in [7, 11) is 0. The van der Waals surface area contributed by atoms with E-state index >= 15 is 0 Å². The zero-order chi connectivity index (χ0) is 14.8. The molecule has 3 heteroatoms. The van der Waals surface area contributed by atoms with Gasteiger partial charge in [0.05, 0.1) is 0 Å². The number of allylic oxidation sites excluding steroid dienone is 1. The van der Waals surface area contributed by atoms with Crippen LogP contribution in [0.15, 0.2) is 12.2 Å². The Morgan fingerprint density at radius 1 is 0.800 bits per heavy atom. The molecule has 3 nitrogen and oxygen atoms in total. The van der Waals surface area contributed by atoms with E-state index < -0.39 is 5.97 Å². The number of carbonyl (C=O) groups is 1. The molecule has 0 aliphatic carbocycles. The van der Waals surface area contributed by atoms with Crippen LogP contribution >= 0.6 is 0 Å². The number of hydrogen-bond acceptors (Lipinski definition) is 1. The Morgan fingerprint density at radius 2 is 1.10 bits per heavy atom. The first-order valence-corrected chi connectivity index (χ1v) is 8.04. The van der Waals surface area contributed by atoms with Crippen molar-refractivity contribution in [2.24, 2.45) is 0 Å². The lowest BCUT2D eigenvalue weighted by atomic mass is 10.1. The third-order valence-corrected chi connectivity index (χ3v) is 3.02. The van der Waals surface area contributed by atoms with Gasteiger partial charge in [-0.1, -0.05) is 90.6 Å². The van der Waals surface area contributed by atoms with Crippen molar-refractivity contribution in [3.05, 3.63) is 12.2 Å². The first-order chi connectivity index (χ1) is 9.18. The lowest BCUT2D eigenvalue weighted by Gasteiger charge is -2.00. The number of hydrogen-bond donors (Lipinski definition) is 1. The minimum Gasteiger partial charge on any atom is -0.478 e. The molecule has 0 aromatic heterocycles. The lowest BCUT2D eigenvalue weighted by molar-refractivity contribution is -0.131. The monoisotopic (exact) mass is 288 g/mol. The van der Waals surface area contributed by atoms with Crippen LogP contribution in [-0.4, -0.2) is 16.6 Å². The Kier molecular flexibility index (Phi) is 28.2. The number of rotatable bonds is 11. The van der Waals surface area contributed by atoms with Crippen molar-refractivity contribution in [2.45, 2.75) is 91.4 Å². The van der Waals surface area contributed by atoms with Gasteiger partial charge in [-0.05, 0) is 6.92 Å². The van der Waals surface area contributed by atoms with Crippen LogP contribution in [0, 0.1) is 0 Å². The molecule has 0 atom stereocenters. The molecule has 0 aliphatic heterocycles. The molecule has 0 heterocycles. The molecule has 0 rings (SSSR count). The Labute approximate surface area is 125 Å². The van der Waals surface area contributed by atoms with Crippen molar-refractivity contribution in [1.29, 1.82) is 0 Å². The minimum atomic E-state index is -0.891. The van der Waals surface area contributed by atoms with Gasteiger partial charge in [0.15, 0.2) is 0 Å². The first-order valence-electron chi connectivity index (χ1n) is 8.04. The maximum atomic E-state index is 9.51. The normalized spacial score (nSPS) is 9.75. The van der Waals surface area contributed by atoms with Gasteiger partial charge in [-0.2, -0.15) is 0 Å². The lowest BCUT2D eigenvalue weighted by Crippen LogP contribution is -1.83. The van der Waals surface area contributed by atoms with E-state index in [-0.39, 0.29) is 5.48 Å². The van der Waals surface area contributed by atoms with Gasteiger partial charge in [-0.25, -0.2) is 4.79 Å². The molecule has 0 radical (unpaired) electrons. The predicted molar refractivity (Wildman–Crippen MR) is 88.2 cm³/mol. The maximum Gasteiger partial charge on any atom is 0.327 e. The quantitative estimate of drug-likeness (QED) is 0.422. The molecule has 0 aromatic rings. The van der Waals surface area contributed by atoms with Gasteiger partial charge in [0, 0.05) is 6.08 Å². The van der Waals surface area contributed by atoms with Crippen molar-refractivity contribution in [1.82, 2.24) is 0 Å². The highest BCUT2D eigenvalue weighted by Gasteiger charge is 1.90. The highest BCUT2D eigenvalue weighted by atomic mass is 16.4. The molecule has 0 fully saturated rings. The van der Waals surface area contributed by atoms with Crippen molar-refractivity contribution >= 4 is 5.97 Å². The zero-order valence-corrected chi connectivity index (χ0v) is 13.8. The minimum absolute atomic E-state index is 0. The molecule has 0 bridgehead atoms. The van der Waals surface area contributed by atoms with Crippen LogP contribution in [0.5, 0.6) is 0 Å². The van der Waals surface area contributed by atoms with Gasteiger partial charge in [-0.15, -0.1) is 0 Å². The predicted octanol–water partition coefficient (Wildman–Crippen LogP) is 5.14. The number of carboxylic acids is 1. The fourth-order valence-corrected chi connectivity index (χ4v) is 1.88. The van der Waals surface area contributed by atoms with Crippen molar-refractivity contribution in [3.63, 3.8) is 0 Å². The smallest absolute Gasteiger partial charge is 0.327 e. The number of carboxylic acid groups (broad SMARTS) is 1. The number of unbranched alkanes of at least 4 members (excludes halogenated alkanes) is 10. The Balaban J connectivity index is -0.000000352. The average molecular weight is 288 g/mol. The van der Waals surface area contributed by atoms with Crippen molar-refractivity contribution in [3.8, 4) is 0 Å². The molecule has 0 aliphatic rings. The van der Waals surface area contributed by atoms with E-state index in [4.69, 9.17) is 5.11 Å². The summed E-state index contributed by atoms with van der Waals surface area (Å²) in [6.07, 6.45) is 18.5. The fourth-order valence-electron chi connectivity index (χ4n) is 1.88. The standard InChI is InChI=1S/C13H28.C4H6O2.H2O/c1-3-5-7-9-11-13-12-10-8-6-4-2;1-2-3-4(5)6;/h3-13H2,1-2H3;2-3H,1H3,(H,5,6);1H2. The van der Waals surface area contributed by atoms with Crippen LogP contribution in [0.2, 0.25) is 0 Å². The highest BCUT2D eigenvalue weighted by Crippen LogP contribution is 2.10. The van der Waals surface area contributed by atoms with Crippen LogP contribution in [0.25, 0.3) is 0 Å². The summed E-state index contributed by atoms with van der Waals surface area (Å²) >= 11 is 0. The number of aliphatic carboxylic acids is 1. The summed E-state index contributed by atoms with van der Waals surface area (Å²) in [4.78, 5) is 9.51. The van der Waals surface area contributed by atoms with E-state index in [9.17, 15) is 4.79 Å². The molecule has 20 heavy (non-hydrogen) atoms. The van der Waals surface area contributed by atoms with Crippen molar-refractivity contribution < 1.29 is 15.4 Å². The largest absolute Gasteiger partial charge is 0.478 e. The van der Waals surface area contributed by atoms with Gasteiger partial charge in [0.2, 0.25) is 0 Å². The van der Waals surface area contributed by atoms with Crippen LogP contribution in [-0.2, 0) is 4.79 Å². The highest BCUT2D eigenvalue weighted by molar-refractivity contribution is 5.79. The summed E-state index contributed by atoms with van der Waals surface area (Å²) in [5.74, 6) is -0.891. The molecular weight excluding hydrogens is 252 g/mol. The maximum absolute atomic E-state index is 9.51. The molecule has 0 saturated carbocycles. The van der Waals surface area contributed by atoms with Crippen LogP contribution in [0.1, 0.15) is 91.4 Å². The molecule has 0 aromatic carbocycles. The second-order valence-electron chi connectivity index (χ2n) is 5.02. The molecule has 0 spiro atoms. The summed E-state index contributed by atoms with van der Waals surface area (Å²) in [6, 6.07) is 0. The molecule has 0 unspecified atom stereocenters. The van der Waals surface area contributed by atoms with Crippen LogP contribution in [0.3, 0.4) is 0 Å². The Morgan fingerprint density at radius 3 is 1.25 bits per heavy atom. The zero-order valence-electron chi connectivity index (χ0n) is 13.8. The van der Waals surface area contributed by atoms with Crippen molar-refractivity contribution in [2.75, 3.05) is 0 Å². The van der Waals surface area contributed by atoms with E-state index in [0.717, 1.165) is 6.08 Å². The van der Waals surface area contributed by atoms with E-state index in [1.54, 1.807) is 6.92 Å². The summed E-state index contributed by atoms with van der Waals surface area (Å²) in [5, 5.41) is 7.83. The van der Waals surface area contributed by atoms with E-state index in [0.29, 0.717) is 0 Å². The second-order valence-corrected chi connectivity index (χ2v) is 5.02. The van der Waals surface area contributed by atoms with E-state index in [2.05, 4.69) is 13.8 Å². The first kappa shape index (κ1) is 24.2. The fraction of sp³-hybridized carbons (Fsp3) is 0.824.